The van der Waals surface area contributed by atoms with Gasteiger partial charge < -0.3 is 9.41 Å². The smallest absolute Gasteiger partial charge is 1.00 e. The van der Waals surface area contributed by atoms with E-state index >= 15 is 0 Å². The van der Waals surface area contributed by atoms with E-state index in [1.807, 2.05) is 10.6 Å². The number of fused-ring (bicyclic) bond motifs is 2. The van der Waals surface area contributed by atoms with Gasteiger partial charge in [-0.1, -0.05) is 0 Å². The van der Waals surface area contributed by atoms with E-state index < -0.39 is 0 Å². The molecule has 2 aliphatic carbocycles. The molecule has 2 aliphatic rings. The van der Waals surface area contributed by atoms with E-state index in [1.54, 1.807) is 11.1 Å². The third-order valence-corrected chi connectivity index (χ3v) is 17.9. The number of benzene rings is 2. The molecule has 0 saturated heterocycles. The van der Waals surface area contributed by atoms with Crippen LogP contribution in [-0.4, -0.2) is 24.6 Å². The van der Waals surface area contributed by atoms with Crippen LogP contribution in [0.3, 0.4) is 0 Å². The van der Waals surface area contributed by atoms with Crippen molar-refractivity contribution in [3.63, 3.8) is 0 Å². The minimum absolute atomic E-state index is 0. The molecule has 39 heavy (non-hydrogen) atoms. The first-order valence-corrected chi connectivity index (χ1v) is 19.7. The molecule has 0 N–H and O–H groups in total. The molecule has 0 amide bonds. The van der Waals surface area contributed by atoms with Gasteiger partial charge in [-0.15, -0.1) is 0 Å². The number of hydrogen-bond donors (Lipinski definition) is 0. The second-order valence-electron chi connectivity index (χ2n) is 12.8. The fourth-order valence-electron chi connectivity index (χ4n) is 6.01. The molecular weight excluding hydrogens is 556 g/mol. The van der Waals surface area contributed by atoms with Crippen LogP contribution in [0.15, 0.2) is 59.2 Å². The van der Waals surface area contributed by atoms with E-state index in [1.165, 1.54) is 35.8 Å². The Labute approximate surface area is 249 Å². The van der Waals surface area contributed by atoms with Gasteiger partial charge in [-0.3, -0.25) is 0 Å². The number of halogens is 2. The second-order valence-corrected chi connectivity index (χ2v) is 19.8. The molecule has 0 bridgehead atoms. The largest absolute Gasteiger partial charge is 1.00 e. The Morgan fingerprint density at radius 2 is 0.846 bits per heavy atom. The van der Waals surface area contributed by atoms with Gasteiger partial charge in [0.2, 0.25) is 0 Å². The predicted molar refractivity (Wildman–Crippen MR) is 167 cm³/mol. The van der Waals surface area contributed by atoms with Crippen LogP contribution in [0.25, 0.3) is 12.2 Å². The third kappa shape index (κ3) is 8.68. The van der Waals surface area contributed by atoms with Crippen LogP contribution in [0.1, 0.15) is 86.1 Å². The number of allylic oxidation sites excluding steroid dienone is 2. The monoisotopic (exact) mass is 604 g/mol. The summed E-state index contributed by atoms with van der Waals surface area (Å²) in [4.78, 5) is 0. The molecule has 0 radical (unpaired) electrons. The Bertz CT molecular complexity index is 1010. The van der Waals surface area contributed by atoms with Crippen LogP contribution in [0.5, 0.6) is 0 Å². The van der Waals surface area contributed by atoms with E-state index in [2.05, 4.69) is 116 Å². The van der Waals surface area contributed by atoms with Crippen LogP contribution in [-0.2, 0) is 19.2 Å². The minimum atomic E-state index is -0.301. The summed E-state index contributed by atoms with van der Waals surface area (Å²) < 4.78 is 1.38. The number of rotatable bonds is 12. The molecule has 0 aliphatic heterocycles. The number of hydrogen-bond acceptors (Lipinski definition) is 0. The maximum atomic E-state index is 2.66. The molecule has 0 aromatic heterocycles. The molecule has 2 aromatic rings. The van der Waals surface area contributed by atoms with Crippen molar-refractivity contribution in [1.29, 1.82) is 0 Å². The van der Waals surface area contributed by atoms with Gasteiger partial charge in [-0.05, 0) is 0 Å². The van der Waals surface area contributed by atoms with Crippen molar-refractivity contribution in [2.45, 2.75) is 63.8 Å². The molecule has 2 atom stereocenters. The molecule has 212 valence electrons. The van der Waals surface area contributed by atoms with Gasteiger partial charge in [0.1, 0.15) is 0 Å². The Morgan fingerprint density at radius 3 is 1.15 bits per heavy atom. The zero-order chi connectivity index (χ0) is 26.7. The molecule has 2 unspecified atom stereocenters. The molecule has 4 rings (SSSR count). The molecular formula is C34H48F2P2Ti. The van der Waals surface area contributed by atoms with Crippen molar-refractivity contribution < 1.29 is 28.6 Å². The maximum absolute atomic E-state index is 2.66. The molecule has 0 fully saturated rings. The SMILES string of the molecule is CC(C)CP(CC(C)C)C1=Cc2ccccc2[CH]1[Ti+2][CH]1C(P(CC(C)C)CC(C)C)=Cc2ccccc21.[F-].[F-]. The zero-order valence-corrected chi connectivity index (χ0v) is 28.6. The average molecular weight is 605 g/mol. The van der Waals surface area contributed by atoms with Crippen molar-refractivity contribution >= 4 is 28.0 Å². The predicted octanol–water partition coefficient (Wildman–Crippen LogP) is 4.86. The quantitative estimate of drug-likeness (QED) is 0.240. The standard InChI is InChI=1S/2C17H24P.2FH.Ti/c2*1-13(2)11-18(12-14(3)4)17-9-15-7-5-6-8-16(15)10-17;;;/h2*5-10,13-14H,11-12H2,1-4H3;2*1H;/q;;;;+2/p-2. The summed E-state index contributed by atoms with van der Waals surface area (Å²) in [5, 5.41) is 3.69. The van der Waals surface area contributed by atoms with Crippen LogP contribution >= 0.6 is 15.8 Å². The van der Waals surface area contributed by atoms with Crippen molar-refractivity contribution in [2.75, 3.05) is 24.6 Å². The van der Waals surface area contributed by atoms with Gasteiger partial charge in [0, 0.05) is 0 Å². The summed E-state index contributed by atoms with van der Waals surface area (Å²) in [7, 11) is -0.186. The van der Waals surface area contributed by atoms with Gasteiger partial charge in [0.15, 0.2) is 0 Å². The fourth-order valence-corrected chi connectivity index (χ4v) is 17.4. The first kappa shape index (κ1) is 34.6. The zero-order valence-electron chi connectivity index (χ0n) is 25.2. The molecule has 0 heterocycles. The van der Waals surface area contributed by atoms with E-state index in [-0.39, 0.29) is 44.4 Å². The Balaban J connectivity index is 0.00000267. The summed E-state index contributed by atoms with van der Waals surface area (Å²) in [5.74, 6) is 3.07. The Morgan fingerprint density at radius 1 is 0.538 bits per heavy atom. The molecule has 0 nitrogen and oxygen atoms in total. The summed E-state index contributed by atoms with van der Waals surface area (Å²) >= 11 is -0.301. The van der Waals surface area contributed by atoms with Crippen molar-refractivity contribution in [3.8, 4) is 0 Å². The average Bonchev–Trinajstić information content (AvgIpc) is 3.36. The van der Waals surface area contributed by atoms with Crippen molar-refractivity contribution in [1.82, 2.24) is 0 Å². The van der Waals surface area contributed by atoms with Crippen molar-refractivity contribution in [2.24, 2.45) is 23.7 Å². The Hall–Kier alpha value is -0.646. The van der Waals surface area contributed by atoms with Crippen LogP contribution in [0, 0.1) is 23.7 Å². The minimum Gasteiger partial charge on any atom is -1.00 e. The summed E-state index contributed by atoms with van der Waals surface area (Å²) in [6.45, 7) is 19.5. The van der Waals surface area contributed by atoms with E-state index in [0.29, 0.717) is 8.45 Å². The van der Waals surface area contributed by atoms with Gasteiger partial charge in [0.05, 0.1) is 0 Å². The summed E-state index contributed by atoms with van der Waals surface area (Å²) in [6.07, 6.45) is 10.9. The van der Waals surface area contributed by atoms with Gasteiger partial charge in [-0.2, -0.15) is 0 Å². The van der Waals surface area contributed by atoms with Gasteiger partial charge in [-0.25, -0.2) is 0 Å². The summed E-state index contributed by atoms with van der Waals surface area (Å²) in [6, 6.07) is 18.8. The fraction of sp³-hybridized carbons (Fsp3) is 0.529. The Kier molecular flexibility index (Phi) is 13.8. The maximum Gasteiger partial charge on any atom is -1.00 e. The molecule has 0 spiro atoms. The first-order chi connectivity index (χ1) is 17.6. The molecule has 2 aromatic carbocycles. The van der Waals surface area contributed by atoms with Crippen LogP contribution in [0.4, 0.5) is 0 Å². The molecule has 5 heteroatoms. The normalized spacial score (nSPS) is 17.8. The summed E-state index contributed by atoms with van der Waals surface area (Å²) in [5.41, 5.74) is 6.35. The van der Waals surface area contributed by atoms with E-state index in [0.717, 1.165) is 23.7 Å². The van der Waals surface area contributed by atoms with Gasteiger partial charge >= 0.3 is 241 Å². The van der Waals surface area contributed by atoms with E-state index in [4.69, 9.17) is 0 Å². The van der Waals surface area contributed by atoms with E-state index in [9.17, 15) is 0 Å². The van der Waals surface area contributed by atoms with Gasteiger partial charge in [0.25, 0.3) is 0 Å². The second kappa shape index (κ2) is 15.5. The van der Waals surface area contributed by atoms with Crippen LogP contribution in [0.2, 0.25) is 0 Å². The topological polar surface area (TPSA) is 0 Å². The molecule has 0 saturated carbocycles. The van der Waals surface area contributed by atoms with Crippen molar-refractivity contribution in [3.05, 3.63) is 81.4 Å². The van der Waals surface area contributed by atoms with Crippen LogP contribution < -0.4 is 9.41 Å². The first-order valence-electron chi connectivity index (χ1n) is 14.5. The third-order valence-electron chi connectivity index (χ3n) is 7.22.